The Bertz CT molecular complexity index is 613. The number of rotatable bonds is 2. The lowest BCUT2D eigenvalue weighted by atomic mass is 10.0. The summed E-state index contributed by atoms with van der Waals surface area (Å²) >= 11 is 1.75. The van der Waals surface area contributed by atoms with Crippen LogP contribution in [0.2, 0.25) is 0 Å². The molecule has 0 bridgehead atoms. The summed E-state index contributed by atoms with van der Waals surface area (Å²) in [6.45, 7) is 5.73. The first kappa shape index (κ1) is 12.4. The van der Waals surface area contributed by atoms with Crippen molar-refractivity contribution in [2.75, 3.05) is 11.4 Å². The number of ketones is 1. The highest BCUT2D eigenvalue weighted by Gasteiger charge is 2.23. The van der Waals surface area contributed by atoms with E-state index < -0.39 is 0 Å². The number of anilines is 1. The van der Waals surface area contributed by atoms with E-state index in [2.05, 4.69) is 16.8 Å². The maximum absolute atomic E-state index is 11.9. The van der Waals surface area contributed by atoms with Crippen molar-refractivity contribution in [3.8, 4) is 0 Å². The Morgan fingerprint density at radius 2 is 2.11 bits per heavy atom. The van der Waals surface area contributed by atoms with Crippen LogP contribution in [0.1, 0.15) is 32.4 Å². The van der Waals surface area contributed by atoms with Crippen molar-refractivity contribution >= 4 is 22.8 Å². The summed E-state index contributed by atoms with van der Waals surface area (Å²) in [6.07, 6.45) is 0.598. The number of para-hydroxylation sites is 1. The zero-order valence-corrected chi connectivity index (χ0v) is 12.0. The Morgan fingerprint density at radius 1 is 1.32 bits per heavy atom. The monoisotopic (exact) mass is 272 g/mol. The van der Waals surface area contributed by atoms with E-state index in [9.17, 15) is 4.79 Å². The number of nitrogens with zero attached hydrogens (tertiary/aromatic N) is 2. The number of carbonyl (C=O) groups excluding carboxylic acids is 1. The number of carbonyl (C=O) groups is 1. The van der Waals surface area contributed by atoms with Gasteiger partial charge in [-0.25, -0.2) is 4.98 Å². The Labute approximate surface area is 116 Å². The Balaban J connectivity index is 1.90. The molecular formula is C15H16N2OS. The van der Waals surface area contributed by atoms with Crippen molar-refractivity contribution in [2.24, 2.45) is 0 Å². The average Bonchev–Trinajstić information content (AvgIpc) is 2.72. The molecule has 0 atom stereocenters. The third-order valence-electron chi connectivity index (χ3n) is 3.55. The number of aryl methyl sites for hydroxylation is 2. The van der Waals surface area contributed by atoms with Gasteiger partial charge >= 0.3 is 0 Å². The van der Waals surface area contributed by atoms with Crippen LogP contribution in [0.25, 0.3) is 0 Å². The summed E-state index contributed by atoms with van der Waals surface area (Å²) in [6, 6.07) is 7.86. The minimum Gasteiger partial charge on any atom is -0.364 e. The minimum absolute atomic E-state index is 0.248. The van der Waals surface area contributed by atoms with E-state index in [1.807, 2.05) is 31.2 Å². The summed E-state index contributed by atoms with van der Waals surface area (Å²) < 4.78 is 0. The molecular weight excluding hydrogens is 256 g/mol. The van der Waals surface area contributed by atoms with Gasteiger partial charge in [0, 0.05) is 29.1 Å². The van der Waals surface area contributed by atoms with Crippen molar-refractivity contribution in [2.45, 2.75) is 26.8 Å². The molecule has 0 N–H and O–H groups in total. The van der Waals surface area contributed by atoms with E-state index in [0.29, 0.717) is 6.42 Å². The van der Waals surface area contributed by atoms with Crippen molar-refractivity contribution in [3.05, 3.63) is 45.4 Å². The van der Waals surface area contributed by atoms with E-state index in [4.69, 9.17) is 0 Å². The maximum Gasteiger partial charge on any atom is 0.166 e. The lowest BCUT2D eigenvalue weighted by Gasteiger charge is -2.29. The molecule has 0 aliphatic carbocycles. The van der Waals surface area contributed by atoms with Crippen LogP contribution in [-0.4, -0.2) is 17.3 Å². The van der Waals surface area contributed by atoms with Gasteiger partial charge in [-0.2, -0.15) is 0 Å². The second kappa shape index (κ2) is 4.78. The molecule has 19 heavy (non-hydrogen) atoms. The van der Waals surface area contributed by atoms with E-state index in [-0.39, 0.29) is 5.78 Å². The quantitative estimate of drug-likeness (QED) is 0.840. The molecule has 3 nitrogen and oxygen atoms in total. The molecule has 0 spiro atoms. The predicted molar refractivity (Wildman–Crippen MR) is 78.0 cm³/mol. The molecule has 1 aromatic carbocycles. The van der Waals surface area contributed by atoms with Crippen LogP contribution in [0.5, 0.6) is 0 Å². The molecule has 0 amide bonds. The molecule has 1 aromatic heterocycles. The van der Waals surface area contributed by atoms with Crippen molar-refractivity contribution in [3.63, 3.8) is 0 Å². The number of hydrogen-bond donors (Lipinski definition) is 0. The third-order valence-corrected chi connectivity index (χ3v) is 4.61. The second-order valence-corrected chi connectivity index (χ2v) is 6.15. The predicted octanol–water partition coefficient (Wildman–Crippen LogP) is 3.35. The molecule has 98 valence electrons. The van der Waals surface area contributed by atoms with E-state index in [1.54, 1.807) is 11.3 Å². The standard InChI is InChI=1S/C15H16N2OS/c1-10-11(2)19-15(16-10)9-17-8-7-14(18)12-5-3-4-6-13(12)17/h3-6H,7-9H2,1-2H3. The minimum atomic E-state index is 0.248. The topological polar surface area (TPSA) is 33.2 Å². The molecule has 2 heterocycles. The van der Waals surface area contributed by atoms with Gasteiger partial charge in [0.05, 0.1) is 12.2 Å². The summed E-state index contributed by atoms with van der Waals surface area (Å²) in [5, 5.41) is 1.12. The van der Waals surface area contributed by atoms with Crippen molar-refractivity contribution in [1.29, 1.82) is 0 Å². The molecule has 0 radical (unpaired) electrons. The molecule has 2 aromatic rings. The molecule has 0 saturated heterocycles. The fourth-order valence-electron chi connectivity index (χ4n) is 2.41. The smallest absolute Gasteiger partial charge is 0.166 e. The Hall–Kier alpha value is -1.68. The molecule has 0 saturated carbocycles. The van der Waals surface area contributed by atoms with Crippen LogP contribution >= 0.6 is 11.3 Å². The normalized spacial score (nSPS) is 14.6. The van der Waals surface area contributed by atoms with Gasteiger partial charge in [-0.3, -0.25) is 4.79 Å². The SMILES string of the molecule is Cc1nc(CN2CCC(=O)c3ccccc32)sc1C. The van der Waals surface area contributed by atoms with Gasteiger partial charge in [0.15, 0.2) is 5.78 Å². The highest BCUT2D eigenvalue weighted by molar-refractivity contribution is 7.11. The number of fused-ring (bicyclic) bond motifs is 1. The lowest BCUT2D eigenvalue weighted by molar-refractivity contribution is 0.0979. The summed E-state index contributed by atoms with van der Waals surface area (Å²) in [5.74, 6) is 0.248. The number of benzene rings is 1. The van der Waals surface area contributed by atoms with Crippen LogP contribution in [0.3, 0.4) is 0 Å². The van der Waals surface area contributed by atoms with Crippen LogP contribution in [0.4, 0.5) is 5.69 Å². The zero-order chi connectivity index (χ0) is 13.4. The molecule has 1 aliphatic rings. The highest BCUT2D eigenvalue weighted by atomic mass is 32.1. The van der Waals surface area contributed by atoms with E-state index in [1.165, 1.54) is 4.88 Å². The zero-order valence-electron chi connectivity index (χ0n) is 11.1. The van der Waals surface area contributed by atoms with E-state index >= 15 is 0 Å². The number of hydrogen-bond acceptors (Lipinski definition) is 4. The first-order chi connectivity index (χ1) is 9.15. The fraction of sp³-hybridized carbons (Fsp3) is 0.333. The summed E-state index contributed by atoms with van der Waals surface area (Å²) in [5.41, 5.74) is 3.00. The molecule has 0 fully saturated rings. The van der Waals surface area contributed by atoms with Gasteiger partial charge in [-0.15, -0.1) is 11.3 Å². The van der Waals surface area contributed by atoms with Gasteiger partial charge in [0.1, 0.15) is 5.01 Å². The van der Waals surface area contributed by atoms with E-state index in [0.717, 1.165) is 35.0 Å². The molecule has 3 rings (SSSR count). The van der Waals surface area contributed by atoms with Crippen molar-refractivity contribution < 1.29 is 4.79 Å². The maximum atomic E-state index is 11.9. The summed E-state index contributed by atoms with van der Waals surface area (Å²) in [4.78, 5) is 20.0. The number of Topliss-reactive ketones (excluding diaryl/α,β-unsaturated/α-hetero) is 1. The number of aromatic nitrogens is 1. The first-order valence-electron chi connectivity index (χ1n) is 6.45. The van der Waals surface area contributed by atoms with Gasteiger partial charge in [0.2, 0.25) is 0 Å². The van der Waals surface area contributed by atoms with Crippen molar-refractivity contribution in [1.82, 2.24) is 4.98 Å². The Morgan fingerprint density at radius 3 is 2.84 bits per heavy atom. The third kappa shape index (κ3) is 2.28. The van der Waals surface area contributed by atoms with Crippen LogP contribution in [0.15, 0.2) is 24.3 Å². The molecule has 0 unspecified atom stereocenters. The summed E-state index contributed by atoms with van der Waals surface area (Å²) in [7, 11) is 0. The van der Waals surface area contributed by atoms with Gasteiger partial charge in [0.25, 0.3) is 0 Å². The van der Waals surface area contributed by atoms with Crippen LogP contribution in [-0.2, 0) is 6.54 Å². The Kier molecular flexibility index (Phi) is 3.11. The van der Waals surface area contributed by atoms with Crippen LogP contribution < -0.4 is 4.90 Å². The van der Waals surface area contributed by atoms with Crippen LogP contribution in [0, 0.1) is 13.8 Å². The first-order valence-corrected chi connectivity index (χ1v) is 7.27. The lowest BCUT2D eigenvalue weighted by Crippen LogP contribution is -2.31. The molecule has 1 aliphatic heterocycles. The van der Waals surface area contributed by atoms with Gasteiger partial charge in [-0.05, 0) is 26.0 Å². The largest absolute Gasteiger partial charge is 0.364 e. The van der Waals surface area contributed by atoms with Gasteiger partial charge < -0.3 is 4.90 Å². The average molecular weight is 272 g/mol. The van der Waals surface area contributed by atoms with Gasteiger partial charge in [-0.1, -0.05) is 12.1 Å². The fourth-order valence-corrected chi connectivity index (χ4v) is 3.36. The highest BCUT2D eigenvalue weighted by Crippen LogP contribution is 2.29. The molecule has 4 heteroatoms. The number of thiazole rings is 1. The second-order valence-electron chi connectivity index (χ2n) is 4.86.